The van der Waals surface area contributed by atoms with E-state index < -0.39 is 0 Å². The Balaban J connectivity index is 1.69. The zero-order chi connectivity index (χ0) is 21.1. The smallest absolute Gasteiger partial charge is 0.250 e. The molecule has 4 rings (SSSR count). The monoisotopic (exact) mass is 410 g/mol. The van der Waals surface area contributed by atoms with E-state index in [1.54, 1.807) is 23.9 Å². The molecule has 4 heterocycles. The molecule has 0 spiro atoms. The third kappa shape index (κ3) is 4.05. The standard InChI is InChI=1S/C22H30N6O2/c1-3-17-15-24-28-19(23-14-16-7-10-26(2)21(30)12-16)13-20(25-22(17)28)27-9-5-4-6-18(27)8-11-29/h7,10,12-13,15,18,23,29H,3-6,8-9,11,14H2,1-2H3. The second-order valence-corrected chi connectivity index (χ2v) is 7.95. The average molecular weight is 411 g/mol. The number of aryl methyl sites for hydroxylation is 2. The van der Waals surface area contributed by atoms with Gasteiger partial charge in [-0.15, -0.1) is 0 Å². The van der Waals surface area contributed by atoms with Crippen molar-refractivity contribution in [3.63, 3.8) is 0 Å². The molecule has 0 aromatic carbocycles. The van der Waals surface area contributed by atoms with Crippen molar-refractivity contribution in [3.05, 3.63) is 52.1 Å². The summed E-state index contributed by atoms with van der Waals surface area (Å²) in [6.07, 6.45) is 8.65. The van der Waals surface area contributed by atoms with Crippen LogP contribution in [0.1, 0.15) is 43.7 Å². The van der Waals surface area contributed by atoms with Gasteiger partial charge >= 0.3 is 0 Å². The average Bonchev–Trinajstić information content (AvgIpc) is 3.18. The highest BCUT2D eigenvalue weighted by atomic mass is 16.3. The van der Waals surface area contributed by atoms with Crippen LogP contribution in [-0.2, 0) is 20.0 Å². The second kappa shape index (κ2) is 8.87. The Morgan fingerprint density at radius 1 is 1.30 bits per heavy atom. The molecule has 1 fully saturated rings. The number of piperidine rings is 1. The highest BCUT2D eigenvalue weighted by molar-refractivity contribution is 5.61. The van der Waals surface area contributed by atoms with E-state index in [0.29, 0.717) is 12.6 Å². The minimum atomic E-state index is -0.0256. The molecule has 0 bridgehead atoms. The lowest BCUT2D eigenvalue weighted by Gasteiger charge is -2.36. The summed E-state index contributed by atoms with van der Waals surface area (Å²) in [5, 5.41) is 17.5. The molecule has 1 aliphatic heterocycles. The summed E-state index contributed by atoms with van der Waals surface area (Å²) in [5.74, 6) is 1.77. The van der Waals surface area contributed by atoms with Crippen LogP contribution in [0.25, 0.3) is 5.65 Å². The summed E-state index contributed by atoms with van der Waals surface area (Å²) in [5.41, 5.74) is 2.85. The number of nitrogens with zero attached hydrogens (tertiary/aromatic N) is 5. The summed E-state index contributed by atoms with van der Waals surface area (Å²) < 4.78 is 3.40. The van der Waals surface area contributed by atoms with Gasteiger partial charge in [-0.2, -0.15) is 9.61 Å². The first-order valence-corrected chi connectivity index (χ1v) is 10.7. The van der Waals surface area contributed by atoms with Gasteiger partial charge in [0.2, 0.25) is 0 Å². The Labute approximate surface area is 176 Å². The molecule has 3 aromatic heterocycles. The summed E-state index contributed by atoms with van der Waals surface area (Å²) in [6.45, 7) is 3.76. The van der Waals surface area contributed by atoms with E-state index in [1.807, 2.05) is 22.8 Å². The number of aliphatic hydroxyl groups excluding tert-OH is 1. The first kappa shape index (κ1) is 20.4. The first-order valence-electron chi connectivity index (χ1n) is 10.7. The largest absolute Gasteiger partial charge is 0.396 e. The van der Waals surface area contributed by atoms with Crippen LogP contribution in [-0.4, -0.2) is 43.5 Å². The van der Waals surface area contributed by atoms with Crippen LogP contribution >= 0.6 is 0 Å². The summed E-state index contributed by atoms with van der Waals surface area (Å²) in [4.78, 5) is 19.2. The Morgan fingerprint density at radius 3 is 2.93 bits per heavy atom. The van der Waals surface area contributed by atoms with Crippen LogP contribution in [0.15, 0.2) is 35.4 Å². The first-order chi connectivity index (χ1) is 14.6. The lowest BCUT2D eigenvalue weighted by Crippen LogP contribution is -2.40. The van der Waals surface area contributed by atoms with E-state index in [0.717, 1.165) is 60.6 Å². The van der Waals surface area contributed by atoms with Gasteiger partial charge in [0.15, 0.2) is 5.65 Å². The van der Waals surface area contributed by atoms with Crippen molar-refractivity contribution < 1.29 is 5.11 Å². The number of aliphatic hydroxyl groups is 1. The molecule has 3 aromatic rings. The van der Waals surface area contributed by atoms with Gasteiger partial charge in [-0.05, 0) is 43.7 Å². The zero-order valence-electron chi connectivity index (χ0n) is 17.7. The Bertz CT molecular complexity index is 1070. The van der Waals surface area contributed by atoms with Gasteiger partial charge in [-0.3, -0.25) is 4.79 Å². The van der Waals surface area contributed by atoms with Crippen molar-refractivity contribution in [2.24, 2.45) is 7.05 Å². The maximum Gasteiger partial charge on any atom is 0.250 e. The van der Waals surface area contributed by atoms with Crippen LogP contribution in [0, 0.1) is 0 Å². The predicted octanol–water partition coefficient (Wildman–Crippen LogP) is 2.34. The van der Waals surface area contributed by atoms with Gasteiger partial charge in [-0.1, -0.05) is 6.92 Å². The molecule has 2 N–H and O–H groups in total. The van der Waals surface area contributed by atoms with E-state index in [2.05, 4.69) is 22.2 Å². The molecule has 0 aliphatic carbocycles. The van der Waals surface area contributed by atoms with Gasteiger partial charge in [0, 0.05) is 56.7 Å². The maximum atomic E-state index is 11.9. The fourth-order valence-electron chi connectivity index (χ4n) is 4.16. The molecular weight excluding hydrogens is 380 g/mol. The highest BCUT2D eigenvalue weighted by Gasteiger charge is 2.24. The van der Waals surface area contributed by atoms with Crippen LogP contribution in [0.4, 0.5) is 11.6 Å². The number of hydrogen-bond donors (Lipinski definition) is 2. The lowest BCUT2D eigenvalue weighted by molar-refractivity contribution is 0.262. The number of anilines is 2. The van der Waals surface area contributed by atoms with Crippen molar-refractivity contribution in [2.45, 2.75) is 51.6 Å². The molecule has 8 heteroatoms. The molecule has 160 valence electrons. The molecular formula is C22H30N6O2. The predicted molar refractivity (Wildman–Crippen MR) is 118 cm³/mol. The molecule has 8 nitrogen and oxygen atoms in total. The number of nitrogens with one attached hydrogen (secondary N) is 1. The van der Waals surface area contributed by atoms with Crippen LogP contribution in [0.5, 0.6) is 0 Å². The van der Waals surface area contributed by atoms with Crippen LogP contribution in [0.3, 0.4) is 0 Å². The number of rotatable bonds is 7. The van der Waals surface area contributed by atoms with E-state index in [9.17, 15) is 9.90 Å². The van der Waals surface area contributed by atoms with Gasteiger partial charge in [0.25, 0.3) is 5.56 Å². The molecule has 1 atom stereocenters. The number of fused-ring (bicyclic) bond motifs is 1. The van der Waals surface area contributed by atoms with Crippen LogP contribution in [0.2, 0.25) is 0 Å². The quantitative estimate of drug-likeness (QED) is 0.622. The van der Waals surface area contributed by atoms with Crippen molar-refractivity contribution >= 4 is 17.3 Å². The molecule has 0 radical (unpaired) electrons. The van der Waals surface area contributed by atoms with Gasteiger partial charge < -0.3 is 19.9 Å². The van der Waals surface area contributed by atoms with Crippen molar-refractivity contribution in [2.75, 3.05) is 23.4 Å². The second-order valence-electron chi connectivity index (χ2n) is 7.95. The van der Waals surface area contributed by atoms with Gasteiger partial charge in [-0.25, -0.2) is 4.98 Å². The molecule has 1 unspecified atom stereocenters. The third-order valence-electron chi connectivity index (χ3n) is 5.94. The van der Waals surface area contributed by atoms with Crippen molar-refractivity contribution in [3.8, 4) is 0 Å². The Kier molecular flexibility index (Phi) is 6.03. The van der Waals surface area contributed by atoms with E-state index >= 15 is 0 Å². The number of aromatic nitrogens is 4. The van der Waals surface area contributed by atoms with Crippen LogP contribution < -0.4 is 15.8 Å². The topological polar surface area (TPSA) is 87.7 Å². The number of pyridine rings is 1. The van der Waals surface area contributed by atoms with Gasteiger partial charge in [0.05, 0.1) is 6.20 Å². The summed E-state index contributed by atoms with van der Waals surface area (Å²) >= 11 is 0. The van der Waals surface area contributed by atoms with Crippen molar-refractivity contribution in [1.82, 2.24) is 19.2 Å². The summed E-state index contributed by atoms with van der Waals surface area (Å²) in [6, 6.07) is 5.93. The molecule has 1 aliphatic rings. The Morgan fingerprint density at radius 2 is 2.17 bits per heavy atom. The molecule has 1 saturated heterocycles. The highest BCUT2D eigenvalue weighted by Crippen LogP contribution is 2.28. The van der Waals surface area contributed by atoms with Gasteiger partial charge in [0.1, 0.15) is 11.6 Å². The van der Waals surface area contributed by atoms with Crippen molar-refractivity contribution in [1.29, 1.82) is 0 Å². The third-order valence-corrected chi connectivity index (χ3v) is 5.94. The minimum absolute atomic E-state index is 0.0256. The van der Waals surface area contributed by atoms with E-state index in [-0.39, 0.29) is 12.2 Å². The SMILES string of the molecule is CCc1cnn2c(NCc3ccn(C)c(=O)c3)cc(N3CCCCC3CCO)nc12. The molecule has 0 saturated carbocycles. The molecule has 30 heavy (non-hydrogen) atoms. The molecule has 0 amide bonds. The Hall–Kier alpha value is -2.87. The number of hydrogen-bond acceptors (Lipinski definition) is 6. The fourth-order valence-corrected chi connectivity index (χ4v) is 4.16. The summed E-state index contributed by atoms with van der Waals surface area (Å²) in [7, 11) is 1.75. The van der Waals surface area contributed by atoms with E-state index in [4.69, 9.17) is 4.98 Å². The normalized spacial score (nSPS) is 16.9. The maximum absolute atomic E-state index is 11.9. The van der Waals surface area contributed by atoms with E-state index in [1.165, 1.54) is 6.42 Å². The minimum Gasteiger partial charge on any atom is -0.396 e. The fraction of sp³-hybridized carbons (Fsp3) is 0.500. The lowest BCUT2D eigenvalue weighted by atomic mass is 9.99. The zero-order valence-corrected chi connectivity index (χ0v) is 17.7.